The van der Waals surface area contributed by atoms with E-state index in [1.54, 1.807) is 0 Å². The van der Waals surface area contributed by atoms with Crippen LogP contribution in [0.1, 0.15) is 37.6 Å². The highest BCUT2D eigenvalue weighted by atomic mass is 32.2. The highest BCUT2D eigenvalue weighted by Gasteiger charge is 2.19. The van der Waals surface area contributed by atoms with E-state index >= 15 is 0 Å². The van der Waals surface area contributed by atoms with Gasteiger partial charge in [0.15, 0.2) is 0 Å². The van der Waals surface area contributed by atoms with Crippen LogP contribution in [0.25, 0.3) is 0 Å². The predicted molar refractivity (Wildman–Crippen MR) is 79.0 cm³/mol. The molecular weight excluding hydrogens is 316 g/mol. The van der Waals surface area contributed by atoms with Gasteiger partial charge in [-0.25, -0.2) is 17.9 Å². The Labute approximate surface area is 127 Å². The molecule has 1 aromatic heterocycles. The van der Waals surface area contributed by atoms with Crippen LogP contribution in [0.15, 0.2) is 15.7 Å². The first-order valence-corrected chi connectivity index (χ1v) is 8.50. The lowest BCUT2D eigenvalue weighted by molar-refractivity contribution is -0.122. The molecule has 1 amide bonds. The summed E-state index contributed by atoms with van der Waals surface area (Å²) in [5, 5.41) is 12.7. The topological polar surface area (TPSA) is 113 Å². The Morgan fingerprint density at radius 3 is 2.43 bits per heavy atom. The molecule has 0 atom stereocenters. The van der Waals surface area contributed by atoms with Gasteiger partial charge < -0.3 is 10.4 Å². The van der Waals surface area contributed by atoms with E-state index in [1.165, 1.54) is 5.38 Å². The number of carbonyl (C=O) groups excluding carboxylic acids is 1. The van der Waals surface area contributed by atoms with Gasteiger partial charge >= 0.3 is 5.97 Å². The van der Waals surface area contributed by atoms with E-state index in [4.69, 9.17) is 5.11 Å². The largest absolute Gasteiger partial charge is 0.478 e. The molecule has 0 spiro atoms. The molecule has 0 aliphatic rings. The summed E-state index contributed by atoms with van der Waals surface area (Å²) in [5.41, 5.74) is -0.453. The van der Waals surface area contributed by atoms with Crippen molar-refractivity contribution in [3.63, 3.8) is 0 Å². The number of hydrogen-bond donors (Lipinski definition) is 3. The smallest absolute Gasteiger partial charge is 0.336 e. The van der Waals surface area contributed by atoms with Crippen LogP contribution in [-0.2, 0) is 14.8 Å². The molecule has 0 bridgehead atoms. The zero-order chi connectivity index (χ0) is 16.3. The molecule has 1 aromatic rings. The van der Waals surface area contributed by atoms with Gasteiger partial charge in [0.05, 0.1) is 5.56 Å². The summed E-state index contributed by atoms with van der Waals surface area (Å²) in [4.78, 5) is 22.3. The standard InChI is InChI=1S/C12H18N2O5S2/c1-12(2,3)14-9(15)4-5-13-21(18,19)10-6-8(7-20-10)11(16)17/h6-7,13H,4-5H2,1-3H3,(H,14,15)(H,16,17). The first-order chi connectivity index (χ1) is 9.51. The summed E-state index contributed by atoms with van der Waals surface area (Å²) in [6, 6.07) is 1.09. The number of sulfonamides is 1. The van der Waals surface area contributed by atoms with Crippen LogP contribution in [0.5, 0.6) is 0 Å². The average Bonchev–Trinajstić information content (AvgIpc) is 2.75. The number of thiophene rings is 1. The second-order valence-corrected chi connectivity index (χ2v) is 8.31. The van der Waals surface area contributed by atoms with E-state index in [9.17, 15) is 18.0 Å². The summed E-state index contributed by atoms with van der Waals surface area (Å²) in [6.07, 6.45) is 0.00760. The Morgan fingerprint density at radius 1 is 1.33 bits per heavy atom. The first-order valence-electron chi connectivity index (χ1n) is 6.14. The number of rotatable bonds is 6. The molecular formula is C12H18N2O5S2. The fourth-order valence-corrected chi connectivity index (χ4v) is 3.65. The lowest BCUT2D eigenvalue weighted by atomic mass is 10.1. The van der Waals surface area contributed by atoms with Gasteiger partial charge in [-0.3, -0.25) is 4.79 Å². The van der Waals surface area contributed by atoms with E-state index < -0.39 is 16.0 Å². The van der Waals surface area contributed by atoms with Crippen LogP contribution in [0.2, 0.25) is 0 Å². The van der Waals surface area contributed by atoms with Crippen LogP contribution in [0.4, 0.5) is 0 Å². The molecule has 21 heavy (non-hydrogen) atoms. The van der Waals surface area contributed by atoms with Crippen molar-refractivity contribution >= 4 is 33.2 Å². The number of carbonyl (C=O) groups is 2. The van der Waals surface area contributed by atoms with Crippen molar-refractivity contribution < 1.29 is 23.1 Å². The highest BCUT2D eigenvalue weighted by Crippen LogP contribution is 2.19. The maximum absolute atomic E-state index is 11.9. The van der Waals surface area contributed by atoms with Gasteiger partial charge in [-0.1, -0.05) is 0 Å². The number of amides is 1. The molecule has 0 radical (unpaired) electrons. The molecule has 0 aliphatic heterocycles. The Bertz CT molecular complexity index is 628. The minimum atomic E-state index is -3.79. The normalized spacial score (nSPS) is 12.1. The lowest BCUT2D eigenvalue weighted by Gasteiger charge is -2.20. The third-order valence-corrected chi connectivity index (χ3v) is 5.15. The number of nitrogens with one attached hydrogen (secondary N) is 2. The molecule has 9 heteroatoms. The minimum absolute atomic E-state index is 0.00760. The predicted octanol–water partition coefficient (Wildman–Crippen LogP) is 1.03. The molecule has 3 N–H and O–H groups in total. The summed E-state index contributed by atoms with van der Waals surface area (Å²) in [6.45, 7) is 5.43. The third kappa shape index (κ3) is 5.82. The van der Waals surface area contributed by atoms with Crippen molar-refractivity contribution in [2.24, 2.45) is 0 Å². The first kappa shape index (κ1) is 17.6. The second-order valence-electron chi connectivity index (χ2n) is 5.41. The molecule has 0 unspecified atom stereocenters. The number of hydrogen-bond acceptors (Lipinski definition) is 5. The molecule has 0 saturated carbocycles. The summed E-state index contributed by atoms with van der Waals surface area (Å²) < 4.78 is 26.0. The minimum Gasteiger partial charge on any atom is -0.478 e. The molecule has 1 heterocycles. The van der Waals surface area contributed by atoms with Crippen LogP contribution in [0.3, 0.4) is 0 Å². The van der Waals surface area contributed by atoms with Crippen molar-refractivity contribution in [3.05, 3.63) is 17.0 Å². The van der Waals surface area contributed by atoms with E-state index in [0.29, 0.717) is 0 Å². The molecule has 0 saturated heterocycles. The van der Waals surface area contributed by atoms with Crippen LogP contribution in [-0.4, -0.2) is 37.5 Å². The molecule has 0 fully saturated rings. The van der Waals surface area contributed by atoms with E-state index in [1.807, 2.05) is 20.8 Å². The van der Waals surface area contributed by atoms with Gasteiger partial charge in [0.25, 0.3) is 0 Å². The van der Waals surface area contributed by atoms with E-state index in [0.717, 1.165) is 17.4 Å². The Morgan fingerprint density at radius 2 is 1.95 bits per heavy atom. The van der Waals surface area contributed by atoms with Gasteiger partial charge in [-0.2, -0.15) is 0 Å². The van der Waals surface area contributed by atoms with Crippen molar-refractivity contribution in [1.29, 1.82) is 0 Å². The summed E-state index contributed by atoms with van der Waals surface area (Å²) in [5.74, 6) is -1.44. The van der Waals surface area contributed by atoms with Gasteiger partial charge in [-0.15, -0.1) is 11.3 Å². The van der Waals surface area contributed by atoms with Crippen molar-refractivity contribution in [1.82, 2.24) is 10.0 Å². The molecule has 0 aliphatic carbocycles. The Kier molecular flexibility index (Phi) is 5.48. The zero-order valence-corrected chi connectivity index (χ0v) is 13.6. The van der Waals surface area contributed by atoms with E-state index in [2.05, 4.69) is 10.0 Å². The maximum Gasteiger partial charge on any atom is 0.336 e. The van der Waals surface area contributed by atoms with Gasteiger partial charge in [-0.05, 0) is 26.8 Å². The molecule has 1 rings (SSSR count). The quantitative estimate of drug-likeness (QED) is 0.719. The van der Waals surface area contributed by atoms with Gasteiger partial charge in [0.2, 0.25) is 15.9 Å². The lowest BCUT2D eigenvalue weighted by Crippen LogP contribution is -2.41. The fraction of sp³-hybridized carbons (Fsp3) is 0.500. The number of carboxylic acids is 1. The number of carboxylic acid groups (broad SMARTS) is 1. The van der Waals surface area contributed by atoms with Gasteiger partial charge in [0.1, 0.15) is 4.21 Å². The SMILES string of the molecule is CC(C)(C)NC(=O)CCNS(=O)(=O)c1cc(C(=O)O)cs1. The van der Waals surface area contributed by atoms with Crippen molar-refractivity contribution in [2.45, 2.75) is 36.9 Å². The monoisotopic (exact) mass is 334 g/mol. The zero-order valence-electron chi connectivity index (χ0n) is 12.0. The fourth-order valence-electron chi connectivity index (χ4n) is 1.42. The molecule has 7 nitrogen and oxygen atoms in total. The highest BCUT2D eigenvalue weighted by molar-refractivity contribution is 7.91. The van der Waals surface area contributed by atoms with Crippen LogP contribution in [0, 0.1) is 0 Å². The van der Waals surface area contributed by atoms with Crippen molar-refractivity contribution in [3.8, 4) is 0 Å². The van der Waals surface area contributed by atoms with Gasteiger partial charge in [0, 0.05) is 23.9 Å². The Hall–Kier alpha value is -1.45. The Balaban J connectivity index is 2.57. The average molecular weight is 334 g/mol. The maximum atomic E-state index is 11.9. The third-order valence-electron chi connectivity index (χ3n) is 2.25. The molecule has 0 aromatic carbocycles. The summed E-state index contributed by atoms with van der Waals surface area (Å²) in [7, 11) is -3.79. The van der Waals surface area contributed by atoms with E-state index in [-0.39, 0.29) is 34.2 Å². The number of aromatic carboxylic acids is 1. The second kappa shape index (κ2) is 6.54. The van der Waals surface area contributed by atoms with Crippen molar-refractivity contribution in [2.75, 3.05) is 6.54 Å². The van der Waals surface area contributed by atoms with Crippen LogP contribution >= 0.6 is 11.3 Å². The summed E-state index contributed by atoms with van der Waals surface area (Å²) >= 11 is 0.822. The molecule has 118 valence electrons. The van der Waals surface area contributed by atoms with Crippen LogP contribution < -0.4 is 10.0 Å².